The second-order valence-corrected chi connectivity index (χ2v) is 8.49. The van der Waals surface area contributed by atoms with Gasteiger partial charge < -0.3 is 9.67 Å². The summed E-state index contributed by atoms with van der Waals surface area (Å²) in [5, 5.41) is 9.38. The molecule has 0 bridgehead atoms. The van der Waals surface area contributed by atoms with Crippen molar-refractivity contribution in [3.05, 3.63) is 58.4 Å². The Morgan fingerprint density at radius 2 is 2.00 bits per heavy atom. The lowest BCUT2D eigenvalue weighted by molar-refractivity contribution is 0.0972. The predicted octanol–water partition coefficient (Wildman–Crippen LogP) is 4.60. The maximum Gasteiger partial charge on any atom is 0.179 e. The Balaban J connectivity index is 1.33. The van der Waals surface area contributed by atoms with Crippen LogP contribution in [-0.4, -0.2) is 22.1 Å². The minimum Gasteiger partial charge on any atom is -0.396 e. The van der Waals surface area contributed by atoms with E-state index in [4.69, 9.17) is 0 Å². The average Bonchev–Trinajstić information content (AvgIpc) is 3.40. The number of aliphatic hydroxyl groups excluding tert-OH is 1. The number of aryl methyl sites for hydroxylation is 3. The second kappa shape index (κ2) is 8.02. The van der Waals surface area contributed by atoms with Crippen molar-refractivity contribution in [1.82, 2.24) is 4.57 Å². The molecule has 1 fully saturated rings. The quantitative estimate of drug-likeness (QED) is 0.729. The number of aliphatic hydroxyl groups is 1. The lowest BCUT2D eigenvalue weighted by Gasteiger charge is -2.13. The van der Waals surface area contributed by atoms with Crippen molar-refractivity contribution in [2.45, 2.75) is 63.7 Å². The van der Waals surface area contributed by atoms with Gasteiger partial charge in [0.15, 0.2) is 5.78 Å². The fourth-order valence-electron chi connectivity index (χ4n) is 5.09. The number of hydrogen-bond donors (Lipinski definition) is 1. The van der Waals surface area contributed by atoms with Crippen LogP contribution in [0.1, 0.15) is 77.3 Å². The highest BCUT2D eigenvalue weighted by atomic mass is 16.3. The molecule has 144 valence electrons. The lowest BCUT2D eigenvalue weighted by Crippen LogP contribution is -2.10. The van der Waals surface area contributed by atoms with Crippen LogP contribution in [0.15, 0.2) is 30.3 Å². The molecule has 27 heavy (non-hydrogen) atoms. The molecule has 4 rings (SSSR count). The Bertz CT molecular complexity index is 820. The predicted molar refractivity (Wildman–Crippen MR) is 108 cm³/mol. The zero-order chi connectivity index (χ0) is 18.8. The van der Waals surface area contributed by atoms with E-state index in [1.807, 2.05) is 13.1 Å². The summed E-state index contributed by atoms with van der Waals surface area (Å²) in [5.41, 5.74) is 6.50. The highest BCUT2D eigenvalue weighted by Gasteiger charge is 2.28. The van der Waals surface area contributed by atoms with Gasteiger partial charge in [-0.05, 0) is 92.0 Å². The van der Waals surface area contributed by atoms with Crippen LogP contribution in [0, 0.1) is 5.92 Å². The molecule has 2 aliphatic rings. The van der Waals surface area contributed by atoms with Crippen molar-refractivity contribution in [2.75, 3.05) is 6.61 Å². The molecule has 0 amide bonds. The third-order valence-electron chi connectivity index (χ3n) is 6.70. The first-order valence-corrected chi connectivity index (χ1v) is 10.6. The first-order chi connectivity index (χ1) is 13.2. The van der Waals surface area contributed by atoms with Crippen LogP contribution in [0.25, 0.3) is 0 Å². The van der Waals surface area contributed by atoms with Gasteiger partial charge in [0.25, 0.3) is 0 Å². The van der Waals surface area contributed by atoms with Crippen molar-refractivity contribution in [1.29, 1.82) is 0 Å². The van der Waals surface area contributed by atoms with E-state index in [1.165, 1.54) is 41.6 Å². The number of ketones is 1. The van der Waals surface area contributed by atoms with Crippen LogP contribution in [0.3, 0.4) is 0 Å². The number of carbonyl (C=O) groups is 1. The fraction of sp³-hybridized carbons (Fsp3) is 0.542. The molecule has 3 heteroatoms. The van der Waals surface area contributed by atoms with Gasteiger partial charge in [-0.1, -0.05) is 18.2 Å². The molecule has 0 aliphatic heterocycles. The number of fused-ring (bicyclic) bond motifs is 1. The maximum atomic E-state index is 12.7. The van der Waals surface area contributed by atoms with Gasteiger partial charge in [-0.2, -0.15) is 0 Å². The van der Waals surface area contributed by atoms with Crippen LogP contribution in [0.2, 0.25) is 0 Å². The van der Waals surface area contributed by atoms with Crippen LogP contribution in [0.5, 0.6) is 0 Å². The number of benzene rings is 1. The number of nitrogens with zero attached hydrogens (tertiary/aromatic N) is 1. The molecule has 1 heterocycles. The Morgan fingerprint density at radius 1 is 1.15 bits per heavy atom. The molecule has 0 radical (unpaired) electrons. The van der Waals surface area contributed by atoms with E-state index < -0.39 is 0 Å². The third kappa shape index (κ3) is 3.89. The zero-order valence-electron chi connectivity index (χ0n) is 16.4. The molecule has 1 unspecified atom stereocenters. The maximum absolute atomic E-state index is 12.7. The monoisotopic (exact) mass is 365 g/mol. The number of aromatic nitrogens is 1. The van der Waals surface area contributed by atoms with Gasteiger partial charge in [-0.25, -0.2) is 0 Å². The summed E-state index contributed by atoms with van der Waals surface area (Å²) < 4.78 is 2.10. The van der Waals surface area contributed by atoms with Gasteiger partial charge in [0.1, 0.15) is 0 Å². The van der Waals surface area contributed by atoms with Gasteiger partial charge >= 0.3 is 0 Å². The average molecular weight is 366 g/mol. The molecular weight excluding hydrogens is 334 g/mol. The van der Waals surface area contributed by atoms with E-state index in [0.717, 1.165) is 37.8 Å². The molecule has 3 nitrogen and oxygen atoms in total. The van der Waals surface area contributed by atoms with Crippen molar-refractivity contribution < 1.29 is 9.90 Å². The van der Waals surface area contributed by atoms with E-state index in [0.29, 0.717) is 18.3 Å². The largest absolute Gasteiger partial charge is 0.396 e. The zero-order valence-corrected chi connectivity index (χ0v) is 16.4. The minimum absolute atomic E-state index is 0.251. The molecule has 1 aromatic carbocycles. The highest BCUT2D eigenvalue weighted by Crippen LogP contribution is 2.38. The van der Waals surface area contributed by atoms with E-state index in [9.17, 15) is 9.90 Å². The van der Waals surface area contributed by atoms with Gasteiger partial charge in [0.05, 0.1) is 5.69 Å². The highest BCUT2D eigenvalue weighted by molar-refractivity contribution is 5.94. The summed E-state index contributed by atoms with van der Waals surface area (Å²) in [6.07, 6.45) is 9.49. The van der Waals surface area contributed by atoms with Gasteiger partial charge in [-0.15, -0.1) is 0 Å². The molecule has 1 aromatic heterocycles. The van der Waals surface area contributed by atoms with Crippen molar-refractivity contribution in [2.24, 2.45) is 13.0 Å². The van der Waals surface area contributed by atoms with Gasteiger partial charge in [0, 0.05) is 25.8 Å². The van der Waals surface area contributed by atoms with Crippen LogP contribution >= 0.6 is 0 Å². The molecule has 2 aliphatic carbocycles. The fourth-order valence-corrected chi connectivity index (χ4v) is 5.09. The summed E-state index contributed by atoms with van der Waals surface area (Å²) in [6, 6.07) is 11.0. The van der Waals surface area contributed by atoms with E-state index >= 15 is 0 Å². The molecule has 1 N–H and O–H groups in total. The standard InChI is InChI=1S/C24H31NO2/c1-25-22(21-11-9-18(15-21)16-26)12-13-23(25)24(27)7-2-4-17-8-10-19-5-3-6-20(19)14-17/h8,10,12-14,18,21,26H,2-7,9,11,15-16H2,1H3/t18-,21?/m0/s1. The molecule has 1 saturated carbocycles. The Hall–Kier alpha value is -1.87. The van der Waals surface area contributed by atoms with Crippen molar-refractivity contribution in [3.63, 3.8) is 0 Å². The third-order valence-corrected chi connectivity index (χ3v) is 6.70. The van der Waals surface area contributed by atoms with Crippen molar-refractivity contribution in [3.8, 4) is 0 Å². The van der Waals surface area contributed by atoms with Gasteiger partial charge in [0.2, 0.25) is 0 Å². The Morgan fingerprint density at radius 3 is 2.81 bits per heavy atom. The second-order valence-electron chi connectivity index (χ2n) is 8.49. The summed E-state index contributed by atoms with van der Waals surface area (Å²) in [5.74, 6) is 1.16. The summed E-state index contributed by atoms with van der Waals surface area (Å²) in [4.78, 5) is 12.7. The molecule has 0 spiro atoms. The minimum atomic E-state index is 0.251. The van der Waals surface area contributed by atoms with Crippen LogP contribution in [0.4, 0.5) is 0 Å². The Kier molecular flexibility index (Phi) is 5.49. The van der Waals surface area contributed by atoms with E-state index in [2.05, 4.69) is 28.8 Å². The molecule has 2 atom stereocenters. The summed E-state index contributed by atoms with van der Waals surface area (Å²) in [6.45, 7) is 0.287. The molecule has 0 saturated heterocycles. The number of hydrogen-bond acceptors (Lipinski definition) is 2. The molecule has 2 aromatic rings. The summed E-state index contributed by atoms with van der Waals surface area (Å²) in [7, 11) is 2.02. The number of Topliss-reactive ketones (excluding diaryl/α,β-unsaturated/α-hetero) is 1. The van der Waals surface area contributed by atoms with Gasteiger partial charge in [-0.3, -0.25) is 4.79 Å². The van der Waals surface area contributed by atoms with E-state index in [1.54, 1.807) is 0 Å². The first kappa shape index (κ1) is 18.5. The van der Waals surface area contributed by atoms with Crippen molar-refractivity contribution >= 4 is 5.78 Å². The molecular formula is C24H31NO2. The van der Waals surface area contributed by atoms with E-state index in [-0.39, 0.29) is 12.4 Å². The summed E-state index contributed by atoms with van der Waals surface area (Å²) >= 11 is 0. The normalized spacial score (nSPS) is 21.6. The first-order valence-electron chi connectivity index (χ1n) is 10.6. The smallest absolute Gasteiger partial charge is 0.179 e. The Labute approximate surface area is 162 Å². The topological polar surface area (TPSA) is 42.2 Å². The lowest BCUT2D eigenvalue weighted by atomic mass is 10.0. The number of carbonyl (C=O) groups excluding carboxylic acids is 1. The van der Waals surface area contributed by atoms with Crippen LogP contribution in [-0.2, 0) is 26.3 Å². The van der Waals surface area contributed by atoms with Crippen LogP contribution < -0.4 is 0 Å². The SMILES string of the molecule is Cn1c(C(=O)CCCc2ccc3c(c2)CCC3)ccc1C1CC[C@H](CO)C1. The number of rotatable bonds is 7.